The summed E-state index contributed by atoms with van der Waals surface area (Å²) in [5, 5.41) is 14.2. The highest BCUT2D eigenvalue weighted by Gasteiger charge is 2.42. The van der Waals surface area contributed by atoms with Crippen molar-refractivity contribution in [3.8, 4) is 0 Å². The molecule has 0 aliphatic heterocycles. The van der Waals surface area contributed by atoms with Gasteiger partial charge < -0.3 is 15.2 Å². The van der Waals surface area contributed by atoms with Crippen LogP contribution in [0.2, 0.25) is 0 Å². The molecule has 1 aliphatic carbocycles. The Kier molecular flexibility index (Phi) is 7.74. The number of nitrogens with zero attached hydrogens (tertiary/aromatic N) is 4. The lowest BCUT2D eigenvalue weighted by Crippen LogP contribution is -2.46. The van der Waals surface area contributed by atoms with Crippen molar-refractivity contribution in [1.29, 1.82) is 0 Å². The van der Waals surface area contributed by atoms with Crippen LogP contribution in [-0.2, 0) is 13.6 Å². The van der Waals surface area contributed by atoms with Crippen LogP contribution in [0.15, 0.2) is 4.99 Å². The lowest BCUT2D eigenvalue weighted by molar-refractivity contribution is -0.183. The monoisotopic (exact) mass is 460 g/mol. The maximum atomic E-state index is 12.9. The summed E-state index contributed by atoms with van der Waals surface area (Å²) in [5.74, 6) is 0.791. The van der Waals surface area contributed by atoms with Gasteiger partial charge in [0.05, 0.1) is 12.5 Å². The third-order valence-corrected chi connectivity index (χ3v) is 4.30. The minimum atomic E-state index is -4.12. The Morgan fingerprint density at radius 1 is 1.33 bits per heavy atom. The lowest BCUT2D eigenvalue weighted by atomic mass is 9.85. The van der Waals surface area contributed by atoms with Crippen LogP contribution in [-0.4, -0.2) is 40.0 Å². The zero-order valence-electron chi connectivity index (χ0n) is 14.0. The summed E-state index contributed by atoms with van der Waals surface area (Å²) in [7, 11) is 3.46. The molecule has 10 heteroatoms. The van der Waals surface area contributed by atoms with Crippen LogP contribution in [0.25, 0.3) is 0 Å². The molecule has 1 heterocycles. The quantitative estimate of drug-likeness (QED) is 0.414. The predicted molar refractivity (Wildman–Crippen MR) is 96.3 cm³/mol. The molecular formula is C14H24F3IN6. The van der Waals surface area contributed by atoms with Gasteiger partial charge in [0.25, 0.3) is 0 Å². The molecular weight excluding hydrogens is 436 g/mol. The maximum Gasteiger partial charge on any atom is 0.391 e. The minimum Gasteiger partial charge on any atom is -0.354 e. The molecule has 1 fully saturated rings. The molecule has 6 nitrogen and oxygen atoms in total. The Morgan fingerprint density at radius 3 is 2.58 bits per heavy atom. The Balaban J connectivity index is 0.00000288. The molecule has 0 aromatic carbocycles. The van der Waals surface area contributed by atoms with Crippen LogP contribution < -0.4 is 10.6 Å². The molecule has 1 aromatic rings. The van der Waals surface area contributed by atoms with Gasteiger partial charge in [-0.2, -0.15) is 13.2 Å². The van der Waals surface area contributed by atoms with Gasteiger partial charge in [0.15, 0.2) is 11.8 Å². The van der Waals surface area contributed by atoms with Crippen molar-refractivity contribution in [1.82, 2.24) is 25.4 Å². The fourth-order valence-electron chi connectivity index (χ4n) is 2.77. The molecule has 24 heavy (non-hydrogen) atoms. The third kappa shape index (κ3) is 5.49. The van der Waals surface area contributed by atoms with E-state index in [0.717, 1.165) is 18.1 Å². The van der Waals surface area contributed by atoms with E-state index in [1.165, 1.54) is 0 Å². The van der Waals surface area contributed by atoms with E-state index in [9.17, 15) is 13.2 Å². The van der Waals surface area contributed by atoms with Crippen LogP contribution in [0.3, 0.4) is 0 Å². The van der Waals surface area contributed by atoms with Crippen LogP contribution >= 0.6 is 24.0 Å². The highest BCUT2D eigenvalue weighted by molar-refractivity contribution is 14.0. The van der Waals surface area contributed by atoms with E-state index in [0.29, 0.717) is 18.9 Å². The molecule has 0 amide bonds. The van der Waals surface area contributed by atoms with Gasteiger partial charge in [-0.25, -0.2) is 0 Å². The molecule has 0 radical (unpaired) electrons. The number of nitrogens with one attached hydrogen (secondary N) is 2. The summed E-state index contributed by atoms with van der Waals surface area (Å²) >= 11 is 0. The first-order valence-corrected chi connectivity index (χ1v) is 7.70. The highest BCUT2D eigenvalue weighted by atomic mass is 127. The van der Waals surface area contributed by atoms with Crippen molar-refractivity contribution in [2.45, 2.75) is 51.4 Å². The number of aromatic nitrogens is 3. The fraction of sp³-hybridized carbons (Fsp3) is 0.786. The predicted octanol–water partition coefficient (Wildman–Crippen LogP) is 2.53. The Labute approximate surface area is 156 Å². The van der Waals surface area contributed by atoms with E-state index in [1.54, 1.807) is 7.05 Å². The summed E-state index contributed by atoms with van der Waals surface area (Å²) in [5.41, 5.74) is 0. The van der Waals surface area contributed by atoms with Gasteiger partial charge in [-0.3, -0.25) is 4.99 Å². The number of hydrogen-bond donors (Lipinski definition) is 2. The second-order valence-electron chi connectivity index (χ2n) is 5.89. The van der Waals surface area contributed by atoms with Crippen molar-refractivity contribution in [3.05, 3.63) is 11.6 Å². The number of hydrogen-bond acceptors (Lipinski definition) is 3. The summed E-state index contributed by atoms with van der Waals surface area (Å²) < 4.78 is 40.4. The number of rotatable bonds is 3. The second-order valence-corrected chi connectivity index (χ2v) is 5.89. The van der Waals surface area contributed by atoms with Crippen molar-refractivity contribution in [2.24, 2.45) is 18.0 Å². The summed E-state index contributed by atoms with van der Waals surface area (Å²) in [6, 6.07) is -0.220. The molecule has 1 aliphatic rings. The molecule has 1 aromatic heterocycles. The Hall–Kier alpha value is -1.07. The fourth-order valence-corrected chi connectivity index (χ4v) is 2.77. The van der Waals surface area contributed by atoms with Crippen molar-refractivity contribution in [3.63, 3.8) is 0 Å². The average molecular weight is 460 g/mol. The van der Waals surface area contributed by atoms with Gasteiger partial charge >= 0.3 is 6.18 Å². The van der Waals surface area contributed by atoms with E-state index in [1.807, 2.05) is 18.5 Å². The normalized spacial score (nSPS) is 22.0. The number of alkyl halides is 3. The maximum absolute atomic E-state index is 12.9. The first-order valence-electron chi connectivity index (χ1n) is 7.70. The van der Waals surface area contributed by atoms with Gasteiger partial charge in [-0.15, -0.1) is 34.2 Å². The van der Waals surface area contributed by atoms with E-state index < -0.39 is 12.1 Å². The molecule has 0 bridgehead atoms. The summed E-state index contributed by atoms with van der Waals surface area (Å²) in [4.78, 5) is 4.08. The largest absolute Gasteiger partial charge is 0.391 e. The molecule has 2 N–H and O–H groups in total. The molecule has 2 unspecified atom stereocenters. The van der Waals surface area contributed by atoms with E-state index in [-0.39, 0.29) is 42.9 Å². The van der Waals surface area contributed by atoms with Crippen LogP contribution in [0.5, 0.6) is 0 Å². The van der Waals surface area contributed by atoms with Crippen molar-refractivity contribution in [2.75, 3.05) is 7.05 Å². The number of aryl methyl sites for hydroxylation is 1. The van der Waals surface area contributed by atoms with Crippen LogP contribution in [0, 0.1) is 12.8 Å². The van der Waals surface area contributed by atoms with E-state index in [4.69, 9.17) is 0 Å². The highest BCUT2D eigenvalue weighted by Crippen LogP contribution is 2.37. The van der Waals surface area contributed by atoms with Crippen LogP contribution in [0.1, 0.15) is 37.3 Å². The molecule has 1 saturated carbocycles. The zero-order valence-corrected chi connectivity index (χ0v) is 16.4. The van der Waals surface area contributed by atoms with Gasteiger partial charge in [-0.1, -0.05) is 6.42 Å². The summed E-state index contributed by atoms with van der Waals surface area (Å²) in [6.07, 6.45) is -2.52. The zero-order chi connectivity index (χ0) is 17.0. The lowest BCUT2D eigenvalue weighted by Gasteiger charge is -2.31. The van der Waals surface area contributed by atoms with Gasteiger partial charge in [0, 0.05) is 20.1 Å². The molecule has 2 atom stereocenters. The Bertz CT molecular complexity index is 557. The van der Waals surface area contributed by atoms with E-state index in [2.05, 4.69) is 25.8 Å². The number of guanidine groups is 1. The molecule has 138 valence electrons. The standard InChI is InChI=1S/C14H23F3N6.HI/c1-9-21-22-12(23(9)3)8-19-13(18-2)20-11-6-4-5-10(7-11)14(15,16)17;/h10-11H,4-8H2,1-3H3,(H2,18,19,20);1H. The third-order valence-electron chi connectivity index (χ3n) is 4.30. The minimum absolute atomic E-state index is 0. The average Bonchev–Trinajstić information content (AvgIpc) is 2.82. The molecule has 0 saturated heterocycles. The van der Waals surface area contributed by atoms with Crippen molar-refractivity contribution < 1.29 is 13.2 Å². The van der Waals surface area contributed by atoms with Crippen LogP contribution in [0.4, 0.5) is 13.2 Å². The first-order chi connectivity index (χ1) is 10.8. The van der Waals surface area contributed by atoms with Gasteiger partial charge in [0.2, 0.25) is 0 Å². The summed E-state index contributed by atoms with van der Waals surface area (Å²) in [6.45, 7) is 2.26. The number of halogens is 4. The smallest absolute Gasteiger partial charge is 0.354 e. The van der Waals surface area contributed by atoms with Crippen molar-refractivity contribution >= 4 is 29.9 Å². The van der Waals surface area contributed by atoms with Gasteiger partial charge in [0.1, 0.15) is 5.82 Å². The van der Waals surface area contributed by atoms with Gasteiger partial charge in [-0.05, 0) is 26.2 Å². The SMILES string of the molecule is CN=C(NCc1nnc(C)n1C)NC1CCCC(C(F)(F)F)C1.I. The second kappa shape index (κ2) is 8.86. The van der Waals surface area contributed by atoms with E-state index >= 15 is 0 Å². The topological polar surface area (TPSA) is 67.1 Å². The molecule has 0 spiro atoms. The molecule has 2 rings (SSSR count). The number of aliphatic imine (C=N–C) groups is 1. The Morgan fingerprint density at radius 2 is 2.04 bits per heavy atom. The first kappa shape index (κ1) is 21.0.